The van der Waals surface area contributed by atoms with E-state index in [1.54, 1.807) is 48.5 Å². The van der Waals surface area contributed by atoms with Gasteiger partial charge in [0.2, 0.25) is 0 Å². The highest BCUT2D eigenvalue weighted by molar-refractivity contribution is 7.90. The van der Waals surface area contributed by atoms with E-state index in [0.29, 0.717) is 16.0 Å². The van der Waals surface area contributed by atoms with Gasteiger partial charge in [0.15, 0.2) is 9.84 Å². The molecule has 146 valence electrons. The monoisotopic (exact) mass is 408 g/mol. The highest BCUT2D eigenvalue weighted by Gasteiger charge is 2.18. The smallest absolute Gasteiger partial charge is 0.251 e. The Morgan fingerprint density at radius 2 is 1.63 bits per heavy atom. The summed E-state index contributed by atoms with van der Waals surface area (Å²) in [6, 6.07) is 13.9. The summed E-state index contributed by atoms with van der Waals surface area (Å²) in [4.78, 5) is 12.6. The fourth-order valence-corrected chi connectivity index (χ4v) is 4.38. The van der Waals surface area contributed by atoms with Crippen LogP contribution in [-0.4, -0.2) is 33.5 Å². The molecule has 7 heteroatoms. The van der Waals surface area contributed by atoms with Crippen molar-refractivity contribution in [1.29, 1.82) is 0 Å². The minimum absolute atomic E-state index is 0. The van der Waals surface area contributed by atoms with Gasteiger partial charge in [-0.05, 0) is 62.7 Å². The van der Waals surface area contributed by atoms with E-state index in [1.807, 2.05) is 6.92 Å². The van der Waals surface area contributed by atoms with Crippen LogP contribution in [0.1, 0.15) is 34.3 Å². The molecule has 2 aromatic rings. The second kappa shape index (κ2) is 9.35. The Morgan fingerprint density at radius 1 is 1.04 bits per heavy atom. The van der Waals surface area contributed by atoms with Gasteiger partial charge in [-0.25, -0.2) is 8.42 Å². The standard InChI is InChI=1S/C20H24N2O3S.ClH/c1-15-2-8-19(9-3-15)26(24,25)14-16-4-6-17(7-5-16)20(23)22-18-10-12-21-13-11-18;/h2-9,18,21H,10-14H2,1H3,(H,22,23);1H. The third kappa shape index (κ3) is 5.79. The van der Waals surface area contributed by atoms with Crippen molar-refractivity contribution in [3.8, 4) is 0 Å². The number of nitrogens with one attached hydrogen (secondary N) is 2. The highest BCUT2D eigenvalue weighted by Crippen LogP contribution is 2.17. The van der Waals surface area contributed by atoms with Gasteiger partial charge in [-0.1, -0.05) is 29.8 Å². The maximum Gasteiger partial charge on any atom is 0.251 e. The average molecular weight is 409 g/mol. The summed E-state index contributed by atoms with van der Waals surface area (Å²) in [5.74, 6) is -0.184. The first-order chi connectivity index (χ1) is 12.4. The number of carbonyl (C=O) groups excluding carboxylic acids is 1. The van der Waals surface area contributed by atoms with Crippen LogP contribution in [0.2, 0.25) is 0 Å². The van der Waals surface area contributed by atoms with Gasteiger partial charge < -0.3 is 10.6 Å². The van der Waals surface area contributed by atoms with E-state index in [4.69, 9.17) is 0 Å². The summed E-state index contributed by atoms with van der Waals surface area (Å²) in [5, 5.41) is 6.30. The molecule has 1 saturated heterocycles. The number of hydrogen-bond acceptors (Lipinski definition) is 4. The lowest BCUT2D eigenvalue weighted by Crippen LogP contribution is -2.42. The molecule has 1 aliphatic heterocycles. The van der Waals surface area contributed by atoms with Crippen LogP contribution < -0.4 is 10.6 Å². The van der Waals surface area contributed by atoms with Gasteiger partial charge in [0.1, 0.15) is 0 Å². The van der Waals surface area contributed by atoms with Gasteiger partial charge in [0.25, 0.3) is 5.91 Å². The van der Waals surface area contributed by atoms with Crippen LogP contribution in [0.3, 0.4) is 0 Å². The number of hydrogen-bond donors (Lipinski definition) is 2. The molecule has 2 aromatic carbocycles. The van der Waals surface area contributed by atoms with Gasteiger partial charge in [0.05, 0.1) is 10.6 Å². The van der Waals surface area contributed by atoms with Crippen LogP contribution in [0, 0.1) is 6.92 Å². The van der Waals surface area contributed by atoms with Gasteiger partial charge in [-0.2, -0.15) is 0 Å². The van der Waals surface area contributed by atoms with E-state index in [0.717, 1.165) is 31.5 Å². The number of benzene rings is 2. The molecule has 27 heavy (non-hydrogen) atoms. The van der Waals surface area contributed by atoms with Gasteiger partial charge in [-0.3, -0.25) is 4.79 Å². The molecule has 1 amide bonds. The Morgan fingerprint density at radius 3 is 2.22 bits per heavy atom. The number of carbonyl (C=O) groups is 1. The molecule has 0 saturated carbocycles. The third-order valence-electron chi connectivity index (χ3n) is 4.63. The Balaban J connectivity index is 0.00000261. The van der Waals surface area contributed by atoms with Gasteiger partial charge in [0, 0.05) is 11.6 Å². The van der Waals surface area contributed by atoms with Gasteiger partial charge >= 0.3 is 0 Å². The average Bonchev–Trinajstić information content (AvgIpc) is 2.63. The van der Waals surface area contributed by atoms with Crippen molar-refractivity contribution < 1.29 is 13.2 Å². The largest absolute Gasteiger partial charge is 0.349 e. The van der Waals surface area contributed by atoms with E-state index in [2.05, 4.69) is 10.6 Å². The number of sulfone groups is 1. The zero-order chi connectivity index (χ0) is 18.6. The van der Waals surface area contributed by atoms with E-state index in [9.17, 15) is 13.2 Å². The molecule has 1 fully saturated rings. The Labute approximate surface area is 166 Å². The summed E-state index contributed by atoms with van der Waals surface area (Å²) in [7, 11) is -3.39. The first kappa shape index (κ1) is 21.4. The number of halogens is 1. The second-order valence-corrected chi connectivity index (χ2v) is 8.76. The Bertz CT molecular complexity index is 859. The van der Waals surface area contributed by atoms with Crippen LogP contribution in [0.25, 0.3) is 0 Å². The summed E-state index contributed by atoms with van der Waals surface area (Å²) in [6.45, 7) is 3.76. The molecule has 0 unspecified atom stereocenters. The molecule has 0 radical (unpaired) electrons. The lowest BCUT2D eigenvalue weighted by Gasteiger charge is -2.23. The summed E-state index contributed by atoms with van der Waals surface area (Å²) in [5.41, 5.74) is 2.25. The molecule has 0 atom stereocenters. The zero-order valence-corrected chi connectivity index (χ0v) is 16.9. The lowest BCUT2D eigenvalue weighted by atomic mass is 10.1. The van der Waals surface area contributed by atoms with Crippen LogP contribution in [-0.2, 0) is 15.6 Å². The lowest BCUT2D eigenvalue weighted by molar-refractivity contribution is 0.0929. The first-order valence-electron chi connectivity index (χ1n) is 8.84. The number of piperidine rings is 1. The molecule has 2 N–H and O–H groups in total. The SMILES string of the molecule is Cc1ccc(S(=O)(=O)Cc2ccc(C(=O)NC3CCNCC3)cc2)cc1.Cl. The molecule has 0 aliphatic carbocycles. The van der Waals surface area contributed by atoms with Crippen molar-refractivity contribution in [2.24, 2.45) is 0 Å². The van der Waals surface area contributed by atoms with E-state index >= 15 is 0 Å². The summed E-state index contributed by atoms with van der Waals surface area (Å²) in [6.07, 6.45) is 1.86. The Hall–Kier alpha value is -1.89. The normalized spacial score (nSPS) is 15.0. The highest BCUT2D eigenvalue weighted by atomic mass is 35.5. The van der Waals surface area contributed by atoms with Crippen molar-refractivity contribution in [3.05, 3.63) is 65.2 Å². The molecule has 5 nitrogen and oxygen atoms in total. The molecule has 0 aromatic heterocycles. The minimum atomic E-state index is -3.39. The fraction of sp³-hybridized carbons (Fsp3) is 0.350. The maximum absolute atomic E-state index is 12.5. The number of aryl methyl sites for hydroxylation is 1. The molecule has 3 rings (SSSR count). The van der Waals surface area contributed by atoms with E-state index < -0.39 is 9.84 Å². The topological polar surface area (TPSA) is 75.3 Å². The first-order valence-corrected chi connectivity index (χ1v) is 10.5. The molecule has 1 heterocycles. The fourth-order valence-electron chi connectivity index (χ4n) is 3.04. The van der Waals surface area contributed by atoms with E-state index in [-0.39, 0.29) is 30.1 Å². The van der Waals surface area contributed by atoms with Gasteiger partial charge in [-0.15, -0.1) is 12.4 Å². The van der Waals surface area contributed by atoms with E-state index in [1.165, 1.54) is 0 Å². The molecule has 0 bridgehead atoms. The van der Waals surface area contributed by atoms with Crippen molar-refractivity contribution in [1.82, 2.24) is 10.6 Å². The van der Waals surface area contributed by atoms with Crippen LogP contribution in [0.5, 0.6) is 0 Å². The van der Waals surface area contributed by atoms with Crippen molar-refractivity contribution in [3.63, 3.8) is 0 Å². The number of rotatable bonds is 5. The van der Waals surface area contributed by atoms with Crippen LogP contribution in [0.15, 0.2) is 53.4 Å². The predicted molar refractivity (Wildman–Crippen MR) is 109 cm³/mol. The molecular weight excluding hydrogens is 384 g/mol. The van der Waals surface area contributed by atoms with Crippen molar-refractivity contribution in [2.75, 3.05) is 13.1 Å². The third-order valence-corrected chi connectivity index (χ3v) is 6.33. The molecule has 0 spiro atoms. The zero-order valence-electron chi connectivity index (χ0n) is 15.3. The number of amides is 1. The minimum Gasteiger partial charge on any atom is -0.349 e. The Kier molecular flexibility index (Phi) is 7.41. The molecular formula is C20H25ClN2O3S. The maximum atomic E-state index is 12.5. The predicted octanol–water partition coefficient (Wildman–Crippen LogP) is 2.87. The van der Waals surface area contributed by atoms with Crippen LogP contribution in [0.4, 0.5) is 0 Å². The van der Waals surface area contributed by atoms with Crippen molar-refractivity contribution in [2.45, 2.75) is 36.5 Å². The van der Waals surface area contributed by atoms with Crippen LogP contribution >= 0.6 is 12.4 Å². The summed E-state index contributed by atoms with van der Waals surface area (Å²) >= 11 is 0. The van der Waals surface area contributed by atoms with Crippen molar-refractivity contribution >= 4 is 28.2 Å². The quantitative estimate of drug-likeness (QED) is 0.797. The summed E-state index contributed by atoms with van der Waals surface area (Å²) < 4.78 is 25.0. The molecule has 1 aliphatic rings. The second-order valence-electron chi connectivity index (χ2n) is 6.77.